The van der Waals surface area contributed by atoms with Crippen LogP contribution >= 0.6 is 0 Å². The summed E-state index contributed by atoms with van der Waals surface area (Å²) >= 11 is 0. The number of rotatable bonds is 8. The van der Waals surface area contributed by atoms with E-state index >= 15 is 0 Å². The maximum absolute atomic E-state index is 13.3. The molecule has 0 saturated carbocycles. The molecule has 1 amide bonds. The van der Waals surface area contributed by atoms with Gasteiger partial charge in [0.1, 0.15) is 5.76 Å². The highest BCUT2D eigenvalue weighted by Gasteiger charge is 2.46. The van der Waals surface area contributed by atoms with Crippen LogP contribution in [0.4, 0.5) is 0 Å². The van der Waals surface area contributed by atoms with Crippen molar-refractivity contribution in [3.63, 3.8) is 0 Å². The van der Waals surface area contributed by atoms with E-state index in [1.807, 2.05) is 24.3 Å². The summed E-state index contributed by atoms with van der Waals surface area (Å²) in [6.07, 6.45) is 0. The lowest BCUT2D eigenvalue weighted by molar-refractivity contribution is -0.140. The molecule has 2 fully saturated rings. The van der Waals surface area contributed by atoms with E-state index < -0.39 is 27.8 Å². The van der Waals surface area contributed by atoms with E-state index in [1.54, 1.807) is 0 Å². The first-order valence-corrected chi connectivity index (χ1v) is 14.2. The number of ketones is 1. The van der Waals surface area contributed by atoms with Gasteiger partial charge in [-0.1, -0.05) is 38.1 Å². The molecule has 2 saturated heterocycles. The van der Waals surface area contributed by atoms with Crippen LogP contribution in [0.3, 0.4) is 0 Å². The van der Waals surface area contributed by atoms with E-state index in [-0.39, 0.29) is 21.8 Å². The number of carbonyl (C=O) groups excluding carboxylic acids is 2. The van der Waals surface area contributed by atoms with E-state index in [1.165, 1.54) is 43.3 Å². The molecular formula is C28H35N3O6S. The predicted molar refractivity (Wildman–Crippen MR) is 144 cm³/mol. The summed E-state index contributed by atoms with van der Waals surface area (Å²) in [5.74, 6) is -1.44. The molecule has 0 aliphatic carbocycles. The molecule has 0 aromatic heterocycles. The van der Waals surface area contributed by atoms with E-state index in [4.69, 9.17) is 4.74 Å². The Morgan fingerprint density at radius 2 is 1.61 bits per heavy atom. The second kappa shape index (κ2) is 11.4. The first-order valence-electron chi connectivity index (χ1n) is 12.7. The van der Waals surface area contributed by atoms with E-state index in [0.29, 0.717) is 32.2 Å². The maximum atomic E-state index is 13.3. The second-order valence-corrected chi connectivity index (χ2v) is 12.2. The number of carbonyl (C=O) groups is 2. The number of morpholine rings is 1. The van der Waals surface area contributed by atoms with Gasteiger partial charge in [-0.25, -0.2) is 12.7 Å². The van der Waals surface area contributed by atoms with E-state index in [2.05, 4.69) is 18.7 Å². The lowest BCUT2D eigenvalue weighted by atomic mass is 9.93. The standard InChI is InChI=1S/C28H35N3O6S/c1-19(2)20-5-7-21(8-6-20)25-24(26(32)22-9-11-23(12-10-22)38(35,36)29(3)4)27(33)28(34)31(25)14-13-30-15-17-37-18-16-30/h5-12,19,25,32H,13-18H2,1-4H3/b26-24+. The fourth-order valence-corrected chi connectivity index (χ4v) is 5.65. The monoisotopic (exact) mass is 541 g/mol. The molecule has 2 aliphatic heterocycles. The summed E-state index contributed by atoms with van der Waals surface area (Å²) in [6, 6.07) is 12.6. The number of likely N-dealkylation sites (tertiary alicyclic amines) is 1. The molecule has 0 bridgehead atoms. The summed E-state index contributed by atoms with van der Waals surface area (Å²) in [5.41, 5.74) is 2.11. The van der Waals surface area contributed by atoms with Gasteiger partial charge in [-0.05, 0) is 41.3 Å². The van der Waals surface area contributed by atoms with Crippen molar-refractivity contribution in [1.29, 1.82) is 0 Å². The van der Waals surface area contributed by atoms with Crippen molar-refractivity contribution in [1.82, 2.24) is 14.1 Å². The molecule has 9 nitrogen and oxygen atoms in total. The number of hydrogen-bond donors (Lipinski definition) is 1. The van der Waals surface area contributed by atoms with Crippen LogP contribution in [0, 0.1) is 0 Å². The number of hydrogen-bond acceptors (Lipinski definition) is 7. The zero-order valence-corrected chi connectivity index (χ0v) is 23.1. The molecule has 0 radical (unpaired) electrons. The summed E-state index contributed by atoms with van der Waals surface area (Å²) in [4.78, 5) is 30.3. The fourth-order valence-electron chi connectivity index (χ4n) is 4.75. The van der Waals surface area contributed by atoms with Crippen LogP contribution < -0.4 is 0 Å². The van der Waals surface area contributed by atoms with Gasteiger partial charge in [0.25, 0.3) is 11.7 Å². The number of amides is 1. The minimum absolute atomic E-state index is 0.00232. The maximum Gasteiger partial charge on any atom is 0.295 e. The molecule has 1 atom stereocenters. The zero-order valence-electron chi connectivity index (χ0n) is 22.3. The second-order valence-electron chi connectivity index (χ2n) is 10.1. The number of nitrogens with zero attached hydrogens (tertiary/aromatic N) is 3. The van der Waals surface area contributed by atoms with Gasteiger partial charge >= 0.3 is 0 Å². The van der Waals surface area contributed by atoms with Gasteiger partial charge in [-0.15, -0.1) is 0 Å². The van der Waals surface area contributed by atoms with Crippen LogP contribution in [0.5, 0.6) is 0 Å². The van der Waals surface area contributed by atoms with Crippen molar-refractivity contribution in [2.24, 2.45) is 0 Å². The molecule has 4 rings (SSSR count). The van der Waals surface area contributed by atoms with Gasteiger partial charge in [0, 0.05) is 45.8 Å². The lowest BCUT2D eigenvalue weighted by Gasteiger charge is -2.31. The number of sulfonamides is 1. The SMILES string of the molecule is CC(C)c1ccc(C2/C(=C(\O)c3ccc(S(=O)(=O)N(C)C)cc3)C(=O)C(=O)N2CCN2CCOCC2)cc1. The third-order valence-corrected chi connectivity index (χ3v) is 8.96. The van der Waals surface area contributed by atoms with Crippen molar-refractivity contribution in [3.8, 4) is 0 Å². The Balaban J connectivity index is 1.74. The normalized spacial score (nSPS) is 20.6. The predicted octanol–water partition coefficient (Wildman–Crippen LogP) is 2.81. The van der Waals surface area contributed by atoms with E-state index in [0.717, 1.165) is 28.5 Å². The minimum Gasteiger partial charge on any atom is -0.507 e. The average Bonchev–Trinajstić information content (AvgIpc) is 3.17. The van der Waals surface area contributed by atoms with Gasteiger partial charge < -0.3 is 14.7 Å². The Kier molecular flexibility index (Phi) is 8.37. The molecule has 38 heavy (non-hydrogen) atoms. The van der Waals surface area contributed by atoms with Crippen molar-refractivity contribution < 1.29 is 27.9 Å². The Hall–Kier alpha value is -3.05. The fraction of sp³-hybridized carbons (Fsp3) is 0.429. The van der Waals surface area contributed by atoms with Crippen molar-refractivity contribution in [2.75, 3.05) is 53.5 Å². The van der Waals surface area contributed by atoms with Crippen LogP contribution in [0.2, 0.25) is 0 Å². The van der Waals surface area contributed by atoms with Gasteiger partial charge in [-0.3, -0.25) is 14.5 Å². The first kappa shape index (κ1) is 28.0. The first-order chi connectivity index (χ1) is 18.0. The highest BCUT2D eigenvalue weighted by atomic mass is 32.2. The topological polar surface area (TPSA) is 107 Å². The summed E-state index contributed by atoms with van der Waals surface area (Å²) in [5, 5.41) is 11.3. The largest absolute Gasteiger partial charge is 0.507 e. The highest BCUT2D eigenvalue weighted by Crippen LogP contribution is 2.39. The quantitative estimate of drug-likeness (QED) is 0.311. The van der Waals surface area contributed by atoms with Crippen LogP contribution in [-0.2, 0) is 24.3 Å². The van der Waals surface area contributed by atoms with Crippen molar-refractivity contribution in [3.05, 3.63) is 70.8 Å². The summed E-state index contributed by atoms with van der Waals surface area (Å²) < 4.78 is 31.4. The Labute approximate surface area is 224 Å². The highest BCUT2D eigenvalue weighted by molar-refractivity contribution is 7.89. The number of aliphatic hydroxyl groups excluding tert-OH is 1. The van der Waals surface area contributed by atoms with Crippen LogP contribution in [0.25, 0.3) is 5.76 Å². The third kappa shape index (κ3) is 5.54. The van der Waals surface area contributed by atoms with E-state index in [9.17, 15) is 23.1 Å². The van der Waals surface area contributed by atoms with Crippen LogP contribution in [0.15, 0.2) is 59.0 Å². The molecule has 2 heterocycles. The van der Waals surface area contributed by atoms with Crippen molar-refractivity contribution >= 4 is 27.5 Å². The lowest BCUT2D eigenvalue weighted by Crippen LogP contribution is -2.42. The average molecular weight is 542 g/mol. The Bertz CT molecular complexity index is 1310. The van der Waals surface area contributed by atoms with Gasteiger partial charge in [0.15, 0.2) is 0 Å². The molecule has 0 spiro atoms. The molecule has 2 aliphatic rings. The third-order valence-electron chi connectivity index (χ3n) is 7.13. The smallest absolute Gasteiger partial charge is 0.295 e. The van der Waals surface area contributed by atoms with Gasteiger partial charge in [0.05, 0.1) is 29.7 Å². The molecule has 2 aromatic rings. The number of benzene rings is 2. The number of Topliss-reactive ketones (excluding diaryl/α,β-unsaturated/α-hetero) is 1. The van der Waals surface area contributed by atoms with Gasteiger partial charge in [-0.2, -0.15) is 0 Å². The van der Waals surface area contributed by atoms with Crippen LogP contribution in [-0.4, -0.2) is 92.8 Å². The van der Waals surface area contributed by atoms with Crippen LogP contribution in [0.1, 0.15) is 42.5 Å². The number of ether oxygens (including phenoxy) is 1. The zero-order chi connectivity index (χ0) is 27.6. The molecule has 1 N–H and O–H groups in total. The minimum atomic E-state index is -3.66. The molecule has 1 unspecified atom stereocenters. The summed E-state index contributed by atoms with van der Waals surface area (Å²) in [7, 11) is -0.784. The molecular weight excluding hydrogens is 506 g/mol. The Morgan fingerprint density at radius 3 is 2.16 bits per heavy atom. The summed E-state index contributed by atoms with van der Waals surface area (Å²) in [6.45, 7) is 7.82. The molecule has 204 valence electrons. The van der Waals surface area contributed by atoms with Gasteiger partial charge in [0.2, 0.25) is 10.0 Å². The Morgan fingerprint density at radius 1 is 1.00 bits per heavy atom. The molecule has 10 heteroatoms. The van der Waals surface area contributed by atoms with Crippen molar-refractivity contribution in [2.45, 2.75) is 30.7 Å². The molecule has 2 aromatic carbocycles. The number of aliphatic hydroxyl groups is 1.